The molecule has 0 spiro atoms. The third-order valence-electron chi connectivity index (χ3n) is 1.78. The second-order valence-corrected chi connectivity index (χ2v) is 4.63. The number of amides is 1. The summed E-state index contributed by atoms with van der Waals surface area (Å²) in [5, 5.41) is 6.03. The molecule has 0 aliphatic carbocycles. The zero-order valence-electron chi connectivity index (χ0n) is 9.97. The van der Waals surface area contributed by atoms with Crippen LogP contribution in [-0.2, 0) is 4.79 Å². The molecule has 0 heterocycles. The first-order valence-corrected chi connectivity index (χ1v) is 5.24. The number of carbonyl (C=O) groups excluding carboxylic acids is 1. The Bertz CT molecular complexity index is 208. The van der Waals surface area contributed by atoms with Gasteiger partial charge in [0.2, 0.25) is 5.91 Å². The van der Waals surface area contributed by atoms with Crippen LogP contribution < -0.4 is 16.4 Å². The van der Waals surface area contributed by atoms with Crippen molar-refractivity contribution < 1.29 is 4.79 Å². The van der Waals surface area contributed by atoms with E-state index in [-0.39, 0.29) is 17.5 Å². The molecular weight excluding hydrogens is 190 g/mol. The monoisotopic (exact) mass is 213 g/mol. The van der Waals surface area contributed by atoms with Crippen LogP contribution >= 0.6 is 0 Å². The fourth-order valence-electron chi connectivity index (χ4n) is 1.18. The molecule has 0 fully saturated rings. The fraction of sp³-hybridized carbons (Fsp3) is 0.727. The second kappa shape index (κ2) is 6.58. The minimum Gasteiger partial charge on any atom is -0.351 e. The number of hydrogen-bond acceptors (Lipinski definition) is 3. The predicted molar refractivity (Wildman–Crippen MR) is 63.6 cm³/mol. The molecule has 0 aliphatic rings. The van der Waals surface area contributed by atoms with Gasteiger partial charge in [-0.25, -0.2) is 0 Å². The summed E-state index contributed by atoms with van der Waals surface area (Å²) in [6.07, 6.45) is 2.16. The Labute approximate surface area is 92.3 Å². The molecule has 4 N–H and O–H groups in total. The van der Waals surface area contributed by atoms with Crippen molar-refractivity contribution >= 4 is 5.91 Å². The molecule has 0 bridgehead atoms. The van der Waals surface area contributed by atoms with Gasteiger partial charge in [-0.2, -0.15) is 0 Å². The van der Waals surface area contributed by atoms with Gasteiger partial charge in [0, 0.05) is 31.1 Å². The first-order chi connectivity index (χ1) is 6.89. The largest absolute Gasteiger partial charge is 0.351 e. The third kappa shape index (κ3) is 8.15. The lowest BCUT2D eigenvalue weighted by atomic mass is 10.1. The summed E-state index contributed by atoms with van der Waals surface area (Å²) in [5.41, 5.74) is 5.36. The Morgan fingerprint density at radius 3 is 2.53 bits per heavy atom. The summed E-state index contributed by atoms with van der Waals surface area (Å²) in [6, 6.07) is 0.0188. The van der Waals surface area contributed by atoms with E-state index in [1.807, 2.05) is 20.8 Å². The summed E-state index contributed by atoms with van der Waals surface area (Å²) >= 11 is 0. The molecule has 1 atom stereocenters. The third-order valence-corrected chi connectivity index (χ3v) is 1.78. The molecule has 88 valence electrons. The first-order valence-electron chi connectivity index (χ1n) is 5.24. The molecule has 0 aromatic rings. The molecular formula is C11H23N3O. The predicted octanol–water partition coefficient (Wildman–Crippen LogP) is 0.394. The van der Waals surface area contributed by atoms with Crippen LogP contribution in [0.5, 0.6) is 0 Å². The first kappa shape index (κ1) is 14.1. The Balaban J connectivity index is 3.95. The maximum Gasteiger partial charge on any atom is 0.222 e. The number of rotatable bonds is 6. The van der Waals surface area contributed by atoms with E-state index in [1.165, 1.54) is 0 Å². The number of nitrogens with one attached hydrogen (secondary N) is 2. The highest BCUT2D eigenvalue weighted by Crippen LogP contribution is 2.00. The zero-order valence-corrected chi connectivity index (χ0v) is 9.97. The average molecular weight is 213 g/mol. The average Bonchev–Trinajstić information content (AvgIpc) is 2.09. The van der Waals surface area contributed by atoms with Crippen LogP contribution in [0.15, 0.2) is 12.7 Å². The highest BCUT2D eigenvalue weighted by atomic mass is 16.1. The van der Waals surface area contributed by atoms with Crippen molar-refractivity contribution in [3.8, 4) is 0 Å². The van der Waals surface area contributed by atoms with E-state index in [0.29, 0.717) is 19.5 Å². The summed E-state index contributed by atoms with van der Waals surface area (Å²) in [7, 11) is 0. The van der Waals surface area contributed by atoms with E-state index in [9.17, 15) is 4.79 Å². The highest BCUT2D eigenvalue weighted by molar-refractivity contribution is 5.77. The van der Waals surface area contributed by atoms with Crippen molar-refractivity contribution in [2.24, 2.45) is 5.73 Å². The van der Waals surface area contributed by atoms with Crippen LogP contribution in [0.3, 0.4) is 0 Å². The molecule has 0 aromatic heterocycles. The molecule has 4 heteroatoms. The van der Waals surface area contributed by atoms with Gasteiger partial charge in [0.05, 0.1) is 0 Å². The molecule has 4 nitrogen and oxygen atoms in total. The maximum absolute atomic E-state index is 11.6. The van der Waals surface area contributed by atoms with Gasteiger partial charge in [-0.05, 0) is 20.8 Å². The van der Waals surface area contributed by atoms with Gasteiger partial charge in [0.25, 0.3) is 0 Å². The molecule has 1 unspecified atom stereocenters. The molecule has 0 rings (SSSR count). The fourth-order valence-corrected chi connectivity index (χ4v) is 1.18. The molecule has 0 aliphatic heterocycles. The van der Waals surface area contributed by atoms with Crippen molar-refractivity contribution in [3.63, 3.8) is 0 Å². The van der Waals surface area contributed by atoms with Crippen LogP contribution in [0.4, 0.5) is 0 Å². The molecule has 1 amide bonds. The second-order valence-electron chi connectivity index (χ2n) is 4.63. The van der Waals surface area contributed by atoms with Gasteiger partial charge >= 0.3 is 0 Å². The zero-order chi connectivity index (χ0) is 11.9. The summed E-state index contributed by atoms with van der Waals surface area (Å²) in [4.78, 5) is 11.6. The highest BCUT2D eigenvalue weighted by Gasteiger charge is 2.16. The normalized spacial score (nSPS) is 13.3. The van der Waals surface area contributed by atoms with Crippen molar-refractivity contribution in [2.75, 3.05) is 13.1 Å². The van der Waals surface area contributed by atoms with Crippen LogP contribution in [0.25, 0.3) is 0 Å². The molecule has 0 saturated carbocycles. The van der Waals surface area contributed by atoms with Gasteiger partial charge in [-0.15, -0.1) is 6.58 Å². The number of nitrogens with two attached hydrogens (primary N) is 1. The Hall–Kier alpha value is -0.870. The van der Waals surface area contributed by atoms with Crippen LogP contribution in [0.2, 0.25) is 0 Å². The quantitative estimate of drug-likeness (QED) is 0.559. The van der Waals surface area contributed by atoms with Crippen molar-refractivity contribution in [2.45, 2.75) is 38.8 Å². The van der Waals surface area contributed by atoms with Crippen LogP contribution in [0.1, 0.15) is 27.2 Å². The Morgan fingerprint density at radius 1 is 1.53 bits per heavy atom. The standard InChI is InChI=1S/C11H23N3O/c1-5-6-13-9(8-12)7-10(15)14-11(2,3)4/h5,9,13H,1,6-8,12H2,2-4H3,(H,14,15). The lowest BCUT2D eigenvalue weighted by molar-refractivity contribution is -0.122. The maximum atomic E-state index is 11.6. The van der Waals surface area contributed by atoms with E-state index < -0.39 is 0 Å². The van der Waals surface area contributed by atoms with Gasteiger partial charge in [0.15, 0.2) is 0 Å². The van der Waals surface area contributed by atoms with E-state index in [1.54, 1.807) is 6.08 Å². The van der Waals surface area contributed by atoms with Crippen molar-refractivity contribution in [1.82, 2.24) is 10.6 Å². The van der Waals surface area contributed by atoms with E-state index in [4.69, 9.17) is 5.73 Å². The molecule has 0 radical (unpaired) electrons. The van der Waals surface area contributed by atoms with Crippen molar-refractivity contribution in [3.05, 3.63) is 12.7 Å². The van der Waals surface area contributed by atoms with Gasteiger partial charge in [-0.1, -0.05) is 6.08 Å². The minimum absolute atomic E-state index is 0.0188. The van der Waals surface area contributed by atoms with E-state index in [0.717, 1.165) is 0 Å². The molecule has 0 saturated heterocycles. The van der Waals surface area contributed by atoms with E-state index in [2.05, 4.69) is 17.2 Å². The van der Waals surface area contributed by atoms with E-state index >= 15 is 0 Å². The topological polar surface area (TPSA) is 67.1 Å². The summed E-state index contributed by atoms with van der Waals surface area (Å²) in [6.45, 7) is 10.6. The smallest absolute Gasteiger partial charge is 0.222 e. The molecule has 15 heavy (non-hydrogen) atoms. The number of hydrogen-bond donors (Lipinski definition) is 3. The van der Waals surface area contributed by atoms with Crippen LogP contribution in [0, 0.1) is 0 Å². The Morgan fingerprint density at radius 2 is 2.13 bits per heavy atom. The summed E-state index contributed by atoms with van der Waals surface area (Å²) in [5.74, 6) is 0.0227. The minimum atomic E-state index is -0.186. The number of carbonyl (C=O) groups is 1. The summed E-state index contributed by atoms with van der Waals surface area (Å²) < 4.78 is 0. The SMILES string of the molecule is C=CCNC(CN)CC(=O)NC(C)(C)C. The van der Waals surface area contributed by atoms with Crippen LogP contribution in [-0.4, -0.2) is 30.6 Å². The van der Waals surface area contributed by atoms with Gasteiger partial charge in [0.1, 0.15) is 0 Å². The Kier molecular flexibility index (Phi) is 6.20. The lowest BCUT2D eigenvalue weighted by Crippen LogP contribution is -2.45. The van der Waals surface area contributed by atoms with Gasteiger partial charge in [-0.3, -0.25) is 4.79 Å². The van der Waals surface area contributed by atoms with Crippen molar-refractivity contribution in [1.29, 1.82) is 0 Å². The lowest BCUT2D eigenvalue weighted by Gasteiger charge is -2.22. The molecule has 0 aromatic carbocycles. The van der Waals surface area contributed by atoms with Gasteiger partial charge < -0.3 is 16.4 Å².